The van der Waals surface area contributed by atoms with Crippen molar-refractivity contribution in [1.82, 2.24) is 10.6 Å². The van der Waals surface area contributed by atoms with E-state index in [0.29, 0.717) is 36.1 Å². The molecule has 2 fully saturated rings. The molecule has 4 nitrogen and oxygen atoms in total. The Hall–Kier alpha value is -1.06. The average Bonchev–Trinajstić information content (AvgIpc) is 2.67. The topological polar surface area (TPSA) is 58.2 Å². The molecular weight excluding hydrogens is 228 g/mol. The second-order valence-electron chi connectivity index (χ2n) is 6.78. The molecule has 0 aromatic carbocycles. The van der Waals surface area contributed by atoms with Crippen LogP contribution in [0.3, 0.4) is 0 Å². The van der Waals surface area contributed by atoms with Gasteiger partial charge in [0.05, 0.1) is 5.92 Å². The lowest BCUT2D eigenvalue weighted by Gasteiger charge is -2.21. The van der Waals surface area contributed by atoms with Gasteiger partial charge in [-0.3, -0.25) is 9.59 Å². The Balaban J connectivity index is 1.78. The third-order valence-corrected chi connectivity index (χ3v) is 5.44. The van der Waals surface area contributed by atoms with Gasteiger partial charge in [-0.15, -0.1) is 0 Å². The number of rotatable bonds is 3. The fourth-order valence-electron chi connectivity index (χ4n) is 3.15. The Morgan fingerprint density at radius 1 is 1.33 bits per heavy atom. The molecule has 102 valence electrons. The predicted molar refractivity (Wildman–Crippen MR) is 69.8 cm³/mol. The maximum Gasteiger partial charge on any atom is 0.224 e. The molecule has 2 N–H and O–H groups in total. The summed E-state index contributed by atoms with van der Waals surface area (Å²) in [5.74, 6) is 0.650. The van der Waals surface area contributed by atoms with E-state index in [1.807, 2.05) is 0 Å². The van der Waals surface area contributed by atoms with Gasteiger partial charge in [0.15, 0.2) is 0 Å². The SMILES string of the molecule is CC1(C)C(CNC(=O)C2CCC(=O)NC2)C1(C)C. The molecule has 1 atom stereocenters. The molecule has 2 amide bonds. The zero-order chi connectivity index (χ0) is 13.6. The largest absolute Gasteiger partial charge is 0.355 e. The van der Waals surface area contributed by atoms with Crippen molar-refractivity contribution in [3.05, 3.63) is 0 Å². The van der Waals surface area contributed by atoms with Gasteiger partial charge in [0, 0.05) is 19.5 Å². The molecule has 1 saturated heterocycles. The zero-order valence-electron chi connectivity index (χ0n) is 11.8. The molecule has 0 bridgehead atoms. The van der Waals surface area contributed by atoms with Crippen LogP contribution in [0.4, 0.5) is 0 Å². The second-order valence-corrected chi connectivity index (χ2v) is 6.78. The van der Waals surface area contributed by atoms with E-state index in [-0.39, 0.29) is 17.7 Å². The third kappa shape index (κ3) is 2.13. The van der Waals surface area contributed by atoms with Crippen LogP contribution in [0.5, 0.6) is 0 Å². The molecular formula is C14H24N2O2. The third-order valence-electron chi connectivity index (χ3n) is 5.44. The molecule has 0 radical (unpaired) electrons. The lowest BCUT2D eigenvalue weighted by molar-refractivity contribution is -0.129. The standard InChI is InChI=1S/C14H24N2O2/c1-13(2)10(14(13,3)4)8-16-12(18)9-5-6-11(17)15-7-9/h9-10H,5-8H2,1-4H3,(H,15,17)(H,16,18). The first-order chi connectivity index (χ1) is 8.26. The molecule has 18 heavy (non-hydrogen) atoms. The van der Waals surface area contributed by atoms with E-state index >= 15 is 0 Å². The van der Waals surface area contributed by atoms with E-state index in [1.54, 1.807) is 0 Å². The van der Waals surface area contributed by atoms with Crippen LogP contribution in [0.15, 0.2) is 0 Å². The van der Waals surface area contributed by atoms with Gasteiger partial charge in [0.25, 0.3) is 0 Å². The first kappa shape index (κ1) is 13.4. The van der Waals surface area contributed by atoms with Gasteiger partial charge in [-0.1, -0.05) is 27.7 Å². The summed E-state index contributed by atoms with van der Waals surface area (Å²) >= 11 is 0. The number of hydrogen-bond acceptors (Lipinski definition) is 2. The Bertz CT molecular complexity index is 350. The summed E-state index contributed by atoms with van der Waals surface area (Å²) in [6, 6.07) is 0. The number of piperidine rings is 1. The summed E-state index contributed by atoms with van der Waals surface area (Å²) in [4.78, 5) is 23.0. The molecule has 0 aromatic rings. The first-order valence-corrected chi connectivity index (χ1v) is 6.81. The Morgan fingerprint density at radius 3 is 2.39 bits per heavy atom. The highest BCUT2D eigenvalue weighted by Crippen LogP contribution is 2.67. The summed E-state index contributed by atoms with van der Waals surface area (Å²) in [6.45, 7) is 10.3. The van der Waals surface area contributed by atoms with E-state index in [1.165, 1.54) is 0 Å². The summed E-state index contributed by atoms with van der Waals surface area (Å²) in [6.07, 6.45) is 1.15. The van der Waals surface area contributed by atoms with Crippen LogP contribution in [0.1, 0.15) is 40.5 Å². The molecule has 1 saturated carbocycles. The highest BCUT2D eigenvalue weighted by atomic mass is 16.2. The van der Waals surface area contributed by atoms with Crippen LogP contribution in [0.25, 0.3) is 0 Å². The maximum absolute atomic E-state index is 12.0. The van der Waals surface area contributed by atoms with E-state index < -0.39 is 0 Å². The maximum atomic E-state index is 12.0. The monoisotopic (exact) mass is 252 g/mol. The fraction of sp³-hybridized carbons (Fsp3) is 0.857. The van der Waals surface area contributed by atoms with Crippen LogP contribution < -0.4 is 10.6 Å². The summed E-state index contributed by atoms with van der Waals surface area (Å²) in [7, 11) is 0. The predicted octanol–water partition coefficient (Wildman–Crippen LogP) is 1.31. The zero-order valence-corrected chi connectivity index (χ0v) is 11.8. The van der Waals surface area contributed by atoms with Crippen molar-refractivity contribution < 1.29 is 9.59 Å². The summed E-state index contributed by atoms with van der Waals surface area (Å²) < 4.78 is 0. The molecule has 1 aliphatic heterocycles. The van der Waals surface area contributed by atoms with Crippen LogP contribution >= 0.6 is 0 Å². The van der Waals surface area contributed by atoms with Gasteiger partial charge in [-0.2, -0.15) is 0 Å². The number of hydrogen-bond donors (Lipinski definition) is 2. The van der Waals surface area contributed by atoms with Gasteiger partial charge in [-0.25, -0.2) is 0 Å². The molecule has 1 aliphatic carbocycles. The fourth-order valence-corrected chi connectivity index (χ4v) is 3.15. The van der Waals surface area contributed by atoms with Crippen LogP contribution in [-0.4, -0.2) is 24.9 Å². The van der Waals surface area contributed by atoms with Crippen LogP contribution in [0, 0.1) is 22.7 Å². The summed E-state index contributed by atoms with van der Waals surface area (Å²) in [5, 5.41) is 5.80. The Labute approximate surface area is 109 Å². The minimum Gasteiger partial charge on any atom is -0.355 e. The van der Waals surface area contributed by atoms with Crippen molar-refractivity contribution in [3.63, 3.8) is 0 Å². The van der Waals surface area contributed by atoms with E-state index in [4.69, 9.17) is 0 Å². The number of nitrogens with one attached hydrogen (secondary N) is 2. The molecule has 1 heterocycles. The van der Waals surface area contributed by atoms with Crippen LogP contribution in [0.2, 0.25) is 0 Å². The van der Waals surface area contributed by atoms with Crippen molar-refractivity contribution in [1.29, 1.82) is 0 Å². The Morgan fingerprint density at radius 2 is 1.94 bits per heavy atom. The van der Waals surface area contributed by atoms with Gasteiger partial charge in [-0.05, 0) is 23.2 Å². The number of carbonyl (C=O) groups is 2. The van der Waals surface area contributed by atoms with Gasteiger partial charge in [0.2, 0.25) is 11.8 Å². The molecule has 2 rings (SSSR count). The van der Waals surface area contributed by atoms with Crippen molar-refractivity contribution in [2.75, 3.05) is 13.1 Å². The van der Waals surface area contributed by atoms with Crippen molar-refractivity contribution in [2.24, 2.45) is 22.7 Å². The molecule has 0 aromatic heterocycles. The normalized spacial score (nSPS) is 29.6. The van der Waals surface area contributed by atoms with Crippen molar-refractivity contribution in [2.45, 2.75) is 40.5 Å². The minimum absolute atomic E-state index is 0.0484. The van der Waals surface area contributed by atoms with E-state index in [9.17, 15) is 9.59 Å². The molecule has 1 unspecified atom stereocenters. The average molecular weight is 252 g/mol. The van der Waals surface area contributed by atoms with Crippen LogP contribution in [-0.2, 0) is 9.59 Å². The van der Waals surface area contributed by atoms with Gasteiger partial charge < -0.3 is 10.6 Å². The quantitative estimate of drug-likeness (QED) is 0.795. The molecule has 2 aliphatic rings. The molecule has 0 spiro atoms. The minimum atomic E-state index is -0.0484. The number of carbonyl (C=O) groups excluding carboxylic acids is 2. The smallest absolute Gasteiger partial charge is 0.224 e. The van der Waals surface area contributed by atoms with Crippen molar-refractivity contribution >= 4 is 11.8 Å². The highest BCUT2D eigenvalue weighted by Gasteiger charge is 2.64. The van der Waals surface area contributed by atoms with E-state index in [0.717, 1.165) is 6.54 Å². The lowest BCUT2D eigenvalue weighted by atomic mass is 9.98. The van der Waals surface area contributed by atoms with E-state index in [2.05, 4.69) is 38.3 Å². The van der Waals surface area contributed by atoms with Gasteiger partial charge in [0.1, 0.15) is 0 Å². The Kier molecular flexibility index (Phi) is 3.16. The molecule has 4 heteroatoms. The second kappa shape index (κ2) is 4.25. The summed E-state index contributed by atoms with van der Waals surface area (Å²) in [5.41, 5.74) is 0.613. The highest BCUT2D eigenvalue weighted by molar-refractivity contribution is 5.83. The first-order valence-electron chi connectivity index (χ1n) is 6.81. The lowest BCUT2D eigenvalue weighted by Crippen LogP contribution is -2.43. The van der Waals surface area contributed by atoms with Gasteiger partial charge >= 0.3 is 0 Å². The number of amides is 2. The van der Waals surface area contributed by atoms with Crippen molar-refractivity contribution in [3.8, 4) is 0 Å².